The second-order valence-corrected chi connectivity index (χ2v) is 8.75. The van der Waals surface area contributed by atoms with Crippen molar-refractivity contribution in [2.24, 2.45) is 0 Å². The molecule has 174 valence electrons. The SMILES string of the molecule is CC(C)N(Cc1ccccc1)C(=O)COc1nc2cc(Cl)ccc2n(Cc2ccccc2)c1=O. The molecule has 4 aromatic rings. The number of ether oxygens (including phenoxy) is 1. The second kappa shape index (κ2) is 10.5. The Bertz CT molecular complexity index is 1340. The molecule has 0 aliphatic rings. The van der Waals surface area contributed by atoms with Crippen molar-refractivity contribution in [1.82, 2.24) is 14.5 Å². The number of amides is 1. The standard InChI is InChI=1S/C27H26ClN3O3/c1-19(2)30(16-20-9-5-3-6-10-20)25(32)18-34-26-27(33)31(17-21-11-7-4-8-12-21)24-14-13-22(28)15-23(24)29-26/h3-15,19H,16-18H2,1-2H3. The first-order valence-corrected chi connectivity index (χ1v) is 11.5. The van der Waals surface area contributed by atoms with Gasteiger partial charge in [-0.05, 0) is 43.2 Å². The van der Waals surface area contributed by atoms with Gasteiger partial charge in [-0.3, -0.25) is 14.2 Å². The molecule has 34 heavy (non-hydrogen) atoms. The summed E-state index contributed by atoms with van der Waals surface area (Å²) in [6, 6.07) is 24.6. The van der Waals surface area contributed by atoms with E-state index in [0.717, 1.165) is 11.1 Å². The molecule has 0 radical (unpaired) electrons. The smallest absolute Gasteiger partial charge is 0.314 e. The quantitative estimate of drug-likeness (QED) is 0.363. The Morgan fingerprint density at radius 3 is 2.29 bits per heavy atom. The minimum atomic E-state index is -0.398. The number of halogens is 1. The van der Waals surface area contributed by atoms with Crippen molar-refractivity contribution >= 4 is 28.5 Å². The Balaban J connectivity index is 1.61. The lowest BCUT2D eigenvalue weighted by Gasteiger charge is -2.26. The van der Waals surface area contributed by atoms with E-state index in [1.165, 1.54) is 0 Å². The first-order valence-electron chi connectivity index (χ1n) is 11.1. The zero-order valence-electron chi connectivity index (χ0n) is 19.1. The molecule has 0 aliphatic carbocycles. The van der Waals surface area contributed by atoms with Gasteiger partial charge in [0.15, 0.2) is 6.61 Å². The van der Waals surface area contributed by atoms with E-state index in [9.17, 15) is 9.59 Å². The normalized spacial score (nSPS) is 11.1. The fourth-order valence-corrected chi connectivity index (χ4v) is 3.93. The molecule has 1 amide bonds. The Morgan fingerprint density at radius 1 is 1.00 bits per heavy atom. The highest BCUT2D eigenvalue weighted by Gasteiger charge is 2.20. The van der Waals surface area contributed by atoms with Gasteiger partial charge in [0.25, 0.3) is 11.8 Å². The van der Waals surface area contributed by atoms with E-state index in [-0.39, 0.29) is 24.4 Å². The highest BCUT2D eigenvalue weighted by atomic mass is 35.5. The third-order valence-electron chi connectivity index (χ3n) is 5.53. The van der Waals surface area contributed by atoms with Gasteiger partial charge >= 0.3 is 5.56 Å². The summed E-state index contributed by atoms with van der Waals surface area (Å²) in [5, 5.41) is 0.501. The molecule has 0 bridgehead atoms. The van der Waals surface area contributed by atoms with Crippen molar-refractivity contribution in [1.29, 1.82) is 0 Å². The molecule has 0 N–H and O–H groups in total. The molecule has 4 rings (SSSR count). The first kappa shape index (κ1) is 23.5. The predicted molar refractivity (Wildman–Crippen MR) is 134 cm³/mol. The van der Waals surface area contributed by atoms with Crippen molar-refractivity contribution in [2.75, 3.05) is 6.61 Å². The molecule has 0 atom stereocenters. The van der Waals surface area contributed by atoms with Crippen LogP contribution in [-0.4, -0.2) is 33.0 Å². The summed E-state index contributed by atoms with van der Waals surface area (Å²) in [5.41, 5.74) is 2.75. The Labute approximate surface area is 203 Å². The van der Waals surface area contributed by atoms with Gasteiger partial charge in [-0.25, -0.2) is 4.98 Å². The number of aromatic nitrogens is 2. The van der Waals surface area contributed by atoms with Crippen LogP contribution in [0.15, 0.2) is 83.7 Å². The molecule has 1 aromatic heterocycles. The second-order valence-electron chi connectivity index (χ2n) is 8.32. The molecule has 0 unspecified atom stereocenters. The largest absolute Gasteiger partial charge is 0.464 e. The molecule has 0 saturated heterocycles. The zero-order valence-corrected chi connectivity index (χ0v) is 19.9. The average molecular weight is 476 g/mol. The minimum absolute atomic E-state index is 0.0330. The Hall–Kier alpha value is -3.64. The summed E-state index contributed by atoms with van der Waals surface area (Å²) in [6.45, 7) is 4.41. The van der Waals surface area contributed by atoms with Crippen LogP contribution >= 0.6 is 11.6 Å². The lowest BCUT2D eigenvalue weighted by molar-refractivity contribution is -0.135. The van der Waals surface area contributed by atoms with Crippen LogP contribution in [0.1, 0.15) is 25.0 Å². The highest BCUT2D eigenvalue weighted by molar-refractivity contribution is 6.31. The summed E-state index contributed by atoms with van der Waals surface area (Å²) in [6.07, 6.45) is 0. The van der Waals surface area contributed by atoms with E-state index in [1.54, 1.807) is 27.7 Å². The highest BCUT2D eigenvalue weighted by Crippen LogP contribution is 2.20. The van der Waals surface area contributed by atoms with E-state index in [2.05, 4.69) is 4.98 Å². The van der Waals surface area contributed by atoms with Crippen molar-refractivity contribution < 1.29 is 9.53 Å². The number of nitrogens with zero attached hydrogens (tertiary/aromatic N) is 3. The third-order valence-corrected chi connectivity index (χ3v) is 5.77. The van der Waals surface area contributed by atoms with Crippen molar-refractivity contribution in [3.63, 3.8) is 0 Å². The fourth-order valence-electron chi connectivity index (χ4n) is 3.77. The number of hydrogen-bond acceptors (Lipinski definition) is 4. The van der Waals surface area contributed by atoms with E-state index in [4.69, 9.17) is 16.3 Å². The van der Waals surface area contributed by atoms with Gasteiger partial charge in [0.05, 0.1) is 17.6 Å². The van der Waals surface area contributed by atoms with Gasteiger partial charge in [0.1, 0.15) is 0 Å². The van der Waals surface area contributed by atoms with Gasteiger partial charge in [-0.2, -0.15) is 0 Å². The molecule has 1 heterocycles. The van der Waals surface area contributed by atoms with Crippen LogP contribution in [0.5, 0.6) is 5.88 Å². The minimum Gasteiger partial charge on any atom is -0.464 e. The molecular weight excluding hydrogens is 450 g/mol. The maximum absolute atomic E-state index is 13.3. The van der Waals surface area contributed by atoms with E-state index in [0.29, 0.717) is 29.1 Å². The molecule has 6 nitrogen and oxygen atoms in total. The molecule has 3 aromatic carbocycles. The van der Waals surface area contributed by atoms with E-state index in [1.807, 2.05) is 74.5 Å². The van der Waals surface area contributed by atoms with Crippen LogP contribution in [0.3, 0.4) is 0 Å². The van der Waals surface area contributed by atoms with Crippen LogP contribution in [-0.2, 0) is 17.9 Å². The van der Waals surface area contributed by atoms with Gasteiger partial charge in [0.2, 0.25) is 0 Å². The van der Waals surface area contributed by atoms with Crippen LogP contribution in [0, 0.1) is 0 Å². The molecule has 0 spiro atoms. The first-order chi connectivity index (χ1) is 16.4. The van der Waals surface area contributed by atoms with Gasteiger partial charge in [-0.15, -0.1) is 0 Å². The summed E-state index contributed by atoms with van der Waals surface area (Å²) in [7, 11) is 0. The number of rotatable bonds is 8. The predicted octanol–water partition coefficient (Wildman–Crippen LogP) is 4.91. The third kappa shape index (κ3) is 5.46. The lowest BCUT2D eigenvalue weighted by Crippen LogP contribution is -2.40. The number of fused-ring (bicyclic) bond motifs is 1. The van der Waals surface area contributed by atoms with Crippen LogP contribution in [0.2, 0.25) is 5.02 Å². The molecular formula is C27H26ClN3O3. The Morgan fingerprint density at radius 2 is 1.65 bits per heavy atom. The van der Waals surface area contributed by atoms with Gasteiger partial charge < -0.3 is 9.64 Å². The molecule has 0 fully saturated rings. The maximum atomic E-state index is 13.3. The topological polar surface area (TPSA) is 64.4 Å². The summed E-state index contributed by atoms with van der Waals surface area (Å²) < 4.78 is 7.31. The Kier molecular flexibility index (Phi) is 7.28. The van der Waals surface area contributed by atoms with E-state index < -0.39 is 5.56 Å². The molecule has 0 aliphatic heterocycles. The summed E-state index contributed by atoms with van der Waals surface area (Å²) in [5.74, 6) is -0.344. The van der Waals surface area contributed by atoms with Crippen molar-refractivity contribution in [3.8, 4) is 5.88 Å². The van der Waals surface area contributed by atoms with Crippen molar-refractivity contribution in [2.45, 2.75) is 33.0 Å². The monoisotopic (exact) mass is 475 g/mol. The zero-order chi connectivity index (χ0) is 24.1. The van der Waals surface area contributed by atoms with Crippen LogP contribution < -0.4 is 10.3 Å². The number of hydrogen-bond donors (Lipinski definition) is 0. The maximum Gasteiger partial charge on any atom is 0.314 e. The summed E-state index contributed by atoms with van der Waals surface area (Å²) >= 11 is 6.18. The number of benzene rings is 3. The van der Waals surface area contributed by atoms with Crippen LogP contribution in [0.25, 0.3) is 11.0 Å². The summed E-state index contributed by atoms with van der Waals surface area (Å²) in [4.78, 5) is 32.4. The van der Waals surface area contributed by atoms with Crippen molar-refractivity contribution in [3.05, 3.63) is 105 Å². The average Bonchev–Trinajstić information content (AvgIpc) is 2.84. The van der Waals surface area contributed by atoms with E-state index >= 15 is 0 Å². The number of carbonyl (C=O) groups is 1. The molecule has 7 heteroatoms. The van der Waals surface area contributed by atoms with Gasteiger partial charge in [-0.1, -0.05) is 72.3 Å². The lowest BCUT2D eigenvalue weighted by atomic mass is 10.2. The van der Waals surface area contributed by atoms with Crippen LogP contribution in [0.4, 0.5) is 0 Å². The molecule has 0 saturated carbocycles. The number of carbonyl (C=O) groups excluding carboxylic acids is 1. The fraction of sp³-hybridized carbons (Fsp3) is 0.222. The van der Waals surface area contributed by atoms with Gasteiger partial charge in [0, 0.05) is 17.6 Å².